The first-order valence-electron chi connectivity index (χ1n) is 5.43. The SMILES string of the molecule is CCN(CC)[C@H](C#N)c1ccc(C)cc1. The van der Waals surface area contributed by atoms with Gasteiger partial charge in [-0.2, -0.15) is 5.26 Å². The number of hydrogen-bond acceptors (Lipinski definition) is 2. The van der Waals surface area contributed by atoms with Gasteiger partial charge in [0.15, 0.2) is 0 Å². The summed E-state index contributed by atoms with van der Waals surface area (Å²) in [6.07, 6.45) is 0. The third-order valence-electron chi connectivity index (χ3n) is 2.69. The fourth-order valence-corrected chi connectivity index (χ4v) is 1.70. The fraction of sp³-hybridized carbons (Fsp3) is 0.462. The van der Waals surface area contributed by atoms with E-state index >= 15 is 0 Å². The lowest BCUT2D eigenvalue weighted by molar-refractivity contribution is 0.262. The second-order valence-electron chi connectivity index (χ2n) is 3.66. The second-order valence-corrected chi connectivity index (χ2v) is 3.66. The van der Waals surface area contributed by atoms with E-state index in [4.69, 9.17) is 0 Å². The molecule has 0 aliphatic heterocycles. The Hall–Kier alpha value is -1.33. The van der Waals surface area contributed by atoms with Gasteiger partial charge in [-0.15, -0.1) is 0 Å². The molecule has 0 aliphatic carbocycles. The van der Waals surface area contributed by atoms with Crippen LogP contribution in [0.4, 0.5) is 0 Å². The summed E-state index contributed by atoms with van der Waals surface area (Å²) in [7, 11) is 0. The van der Waals surface area contributed by atoms with Crippen LogP contribution >= 0.6 is 0 Å². The molecule has 80 valence electrons. The molecule has 0 heterocycles. The van der Waals surface area contributed by atoms with Crippen LogP contribution in [0.1, 0.15) is 31.0 Å². The van der Waals surface area contributed by atoms with Crippen LogP contribution in [0.2, 0.25) is 0 Å². The Kier molecular flexibility index (Phi) is 4.33. The third kappa shape index (κ3) is 2.81. The maximum Gasteiger partial charge on any atom is 0.123 e. The summed E-state index contributed by atoms with van der Waals surface area (Å²) in [4.78, 5) is 2.16. The highest BCUT2D eigenvalue weighted by Gasteiger charge is 2.16. The summed E-state index contributed by atoms with van der Waals surface area (Å²) >= 11 is 0. The quantitative estimate of drug-likeness (QED) is 0.750. The first-order valence-corrected chi connectivity index (χ1v) is 5.43. The third-order valence-corrected chi connectivity index (χ3v) is 2.69. The van der Waals surface area contributed by atoms with E-state index in [9.17, 15) is 5.26 Å². The molecule has 0 fully saturated rings. The van der Waals surface area contributed by atoms with Crippen molar-refractivity contribution >= 4 is 0 Å². The van der Waals surface area contributed by atoms with Crippen molar-refractivity contribution in [2.45, 2.75) is 26.8 Å². The molecule has 0 saturated heterocycles. The number of nitrogens with zero attached hydrogens (tertiary/aromatic N) is 2. The Morgan fingerprint density at radius 3 is 2.13 bits per heavy atom. The molecule has 0 aliphatic rings. The molecule has 0 aromatic heterocycles. The summed E-state index contributed by atoms with van der Waals surface area (Å²) in [6.45, 7) is 8.04. The molecule has 0 saturated carbocycles. The number of benzene rings is 1. The Morgan fingerprint density at radius 2 is 1.73 bits per heavy atom. The standard InChI is InChI=1S/C13H18N2/c1-4-15(5-2)13(10-14)12-8-6-11(3)7-9-12/h6-9,13H,4-5H2,1-3H3/t13-/m1/s1. The molecule has 0 N–H and O–H groups in total. The minimum Gasteiger partial charge on any atom is -0.285 e. The minimum absolute atomic E-state index is 0.111. The fourth-order valence-electron chi connectivity index (χ4n) is 1.70. The van der Waals surface area contributed by atoms with E-state index in [0.29, 0.717) is 0 Å². The van der Waals surface area contributed by atoms with Crippen molar-refractivity contribution in [3.63, 3.8) is 0 Å². The highest BCUT2D eigenvalue weighted by atomic mass is 15.1. The van der Waals surface area contributed by atoms with E-state index in [-0.39, 0.29) is 6.04 Å². The van der Waals surface area contributed by atoms with Crippen molar-refractivity contribution in [2.75, 3.05) is 13.1 Å². The molecule has 0 spiro atoms. The van der Waals surface area contributed by atoms with Gasteiger partial charge in [0.25, 0.3) is 0 Å². The van der Waals surface area contributed by atoms with Crippen molar-refractivity contribution < 1.29 is 0 Å². The molecule has 1 rings (SSSR count). The van der Waals surface area contributed by atoms with Crippen molar-refractivity contribution in [1.82, 2.24) is 4.90 Å². The first kappa shape index (κ1) is 11.7. The summed E-state index contributed by atoms with van der Waals surface area (Å²) in [5.74, 6) is 0. The molecule has 0 radical (unpaired) electrons. The van der Waals surface area contributed by atoms with Gasteiger partial charge in [-0.25, -0.2) is 0 Å². The monoisotopic (exact) mass is 202 g/mol. The molecule has 0 amide bonds. The molecule has 1 aromatic carbocycles. The van der Waals surface area contributed by atoms with Gasteiger partial charge < -0.3 is 0 Å². The zero-order valence-electron chi connectivity index (χ0n) is 9.70. The minimum atomic E-state index is -0.111. The molecule has 0 bridgehead atoms. The average Bonchev–Trinajstić information content (AvgIpc) is 2.27. The van der Waals surface area contributed by atoms with Crippen LogP contribution in [0.5, 0.6) is 0 Å². The van der Waals surface area contributed by atoms with Crippen LogP contribution in [0, 0.1) is 18.3 Å². The molecule has 1 atom stereocenters. The summed E-state index contributed by atoms with van der Waals surface area (Å²) < 4.78 is 0. The number of aryl methyl sites for hydroxylation is 1. The van der Waals surface area contributed by atoms with Gasteiger partial charge in [0.2, 0.25) is 0 Å². The Balaban J connectivity index is 2.92. The van der Waals surface area contributed by atoms with E-state index in [0.717, 1.165) is 18.7 Å². The van der Waals surface area contributed by atoms with Gasteiger partial charge in [-0.1, -0.05) is 43.7 Å². The molecule has 2 heteroatoms. The maximum atomic E-state index is 9.19. The normalized spacial score (nSPS) is 12.5. The van der Waals surface area contributed by atoms with E-state index in [1.807, 2.05) is 12.1 Å². The Bertz CT molecular complexity index is 331. The van der Waals surface area contributed by atoms with Crippen molar-refractivity contribution in [2.24, 2.45) is 0 Å². The summed E-state index contributed by atoms with van der Waals surface area (Å²) in [5.41, 5.74) is 2.32. The van der Waals surface area contributed by atoms with E-state index in [2.05, 4.69) is 43.9 Å². The number of rotatable bonds is 4. The van der Waals surface area contributed by atoms with Crippen LogP contribution in [0.15, 0.2) is 24.3 Å². The predicted molar refractivity (Wildman–Crippen MR) is 62.5 cm³/mol. The largest absolute Gasteiger partial charge is 0.285 e. The lowest BCUT2D eigenvalue weighted by Gasteiger charge is -2.24. The first-order chi connectivity index (χ1) is 7.22. The van der Waals surface area contributed by atoms with Crippen molar-refractivity contribution in [3.8, 4) is 6.07 Å². The van der Waals surface area contributed by atoms with Crippen LogP contribution in [0.25, 0.3) is 0 Å². The van der Waals surface area contributed by atoms with Gasteiger partial charge >= 0.3 is 0 Å². The van der Waals surface area contributed by atoms with Gasteiger partial charge in [-0.3, -0.25) is 4.90 Å². The van der Waals surface area contributed by atoms with Gasteiger partial charge in [0, 0.05) is 0 Å². The predicted octanol–water partition coefficient (Wildman–Crippen LogP) is 2.90. The highest BCUT2D eigenvalue weighted by molar-refractivity contribution is 5.27. The van der Waals surface area contributed by atoms with E-state index in [1.165, 1.54) is 5.56 Å². The zero-order chi connectivity index (χ0) is 11.3. The topological polar surface area (TPSA) is 27.0 Å². The maximum absolute atomic E-state index is 9.19. The number of hydrogen-bond donors (Lipinski definition) is 0. The van der Waals surface area contributed by atoms with Crippen LogP contribution in [-0.4, -0.2) is 18.0 Å². The zero-order valence-corrected chi connectivity index (χ0v) is 9.70. The molecule has 0 unspecified atom stereocenters. The van der Waals surface area contributed by atoms with Gasteiger partial charge in [0.1, 0.15) is 6.04 Å². The average molecular weight is 202 g/mol. The van der Waals surface area contributed by atoms with E-state index < -0.39 is 0 Å². The Morgan fingerprint density at radius 1 is 1.20 bits per heavy atom. The highest BCUT2D eigenvalue weighted by Crippen LogP contribution is 2.19. The van der Waals surface area contributed by atoms with Crippen molar-refractivity contribution in [3.05, 3.63) is 35.4 Å². The van der Waals surface area contributed by atoms with Crippen LogP contribution in [0.3, 0.4) is 0 Å². The lowest BCUT2D eigenvalue weighted by atomic mass is 10.0. The summed E-state index contributed by atoms with van der Waals surface area (Å²) in [5, 5.41) is 9.19. The molecular weight excluding hydrogens is 184 g/mol. The van der Waals surface area contributed by atoms with Crippen molar-refractivity contribution in [1.29, 1.82) is 5.26 Å². The van der Waals surface area contributed by atoms with Gasteiger partial charge in [-0.05, 0) is 25.6 Å². The molecular formula is C13H18N2. The summed E-state index contributed by atoms with van der Waals surface area (Å²) in [6, 6.07) is 10.5. The Labute approximate surface area is 92.1 Å². The number of nitriles is 1. The van der Waals surface area contributed by atoms with E-state index in [1.54, 1.807) is 0 Å². The van der Waals surface area contributed by atoms with Crippen LogP contribution < -0.4 is 0 Å². The molecule has 1 aromatic rings. The molecule has 15 heavy (non-hydrogen) atoms. The molecule has 2 nitrogen and oxygen atoms in total. The second kappa shape index (κ2) is 5.53. The van der Waals surface area contributed by atoms with Gasteiger partial charge in [0.05, 0.1) is 6.07 Å². The smallest absolute Gasteiger partial charge is 0.123 e. The van der Waals surface area contributed by atoms with Crippen LogP contribution in [-0.2, 0) is 0 Å². The lowest BCUT2D eigenvalue weighted by Crippen LogP contribution is -2.27.